The Morgan fingerprint density at radius 2 is 1.86 bits per heavy atom. The molecule has 0 amide bonds. The van der Waals surface area contributed by atoms with Crippen molar-refractivity contribution in [1.82, 2.24) is 0 Å². The van der Waals surface area contributed by atoms with Crippen LogP contribution < -0.4 is 0 Å². The van der Waals surface area contributed by atoms with Crippen LogP contribution in [0.25, 0.3) is 0 Å². The fourth-order valence-corrected chi connectivity index (χ4v) is 6.23. The number of hydrogen-bond donors (Lipinski definition) is 1. The molecule has 21 heavy (non-hydrogen) atoms. The fraction of sp³-hybridized carbons (Fsp3) is 0.368. The molecule has 1 atom stereocenters. The molecule has 0 spiro atoms. The van der Waals surface area contributed by atoms with Crippen molar-refractivity contribution in [2.75, 3.05) is 6.16 Å². The molecule has 0 saturated heterocycles. The zero-order chi connectivity index (χ0) is 15.6. The van der Waals surface area contributed by atoms with Crippen molar-refractivity contribution in [3.63, 3.8) is 0 Å². The second-order valence-corrected chi connectivity index (χ2v) is 9.71. The minimum absolute atomic E-state index is 0.185. The maximum absolute atomic E-state index is 11.5. The van der Waals surface area contributed by atoms with Gasteiger partial charge < -0.3 is 0 Å². The molecule has 0 fully saturated rings. The molecule has 116 valence electrons. The van der Waals surface area contributed by atoms with Crippen LogP contribution in [0.5, 0.6) is 0 Å². The van der Waals surface area contributed by atoms with Crippen LogP contribution in [0.1, 0.15) is 26.7 Å². The Hall–Kier alpha value is -1.17. The SMILES string of the molecule is C=C/C=C\CC[PH](O)(C1C=CC=CC=C1)C(C)C/C=C\C. The van der Waals surface area contributed by atoms with Gasteiger partial charge in [0.15, 0.2) is 0 Å². The van der Waals surface area contributed by atoms with Crippen molar-refractivity contribution >= 4 is 7.49 Å². The molecule has 1 rings (SSSR count). The average molecular weight is 304 g/mol. The third kappa shape index (κ3) is 5.61. The van der Waals surface area contributed by atoms with E-state index in [4.69, 9.17) is 0 Å². The molecule has 0 radical (unpaired) electrons. The zero-order valence-electron chi connectivity index (χ0n) is 13.3. The molecule has 1 nitrogen and oxygen atoms in total. The molecule has 1 N–H and O–H groups in total. The Morgan fingerprint density at radius 3 is 2.43 bits per heavy atom. The fourth-order valence-electron chi connectivity index (χ4n) is 2.69. The average Bonchev–Trinajstić information content (AvgIpc) is 2.78. The van der Waals surface area contributed by atoms with Gasteiger partial charge in [-0.15, -0.1) is 0 Å². The van der Waals surface area contributed by atoms with Crippen molar-refractivity contribution in [3.8, 4) is 0 Å². The van der Waals surface area contributed by atoms with Crippen molar-refractivity contribution in [2.45, 2.75) is 38.0 Å². The molecule has 0 aromatic rings. The first-order chi connectivity index (χ1) is 10.1. The summed E-state index contributed by atoms with van der Waals surface area (Å²) in [5.41, 5.74) is 0.521. The monoisotopic (exact) mass is 304 g/mol. The molecule has 0 heterocycles. The van der Waals surface area contributed by atoms with E-state index in [9.17, 15) is 4.89 Å². The van der Waals surface area contributed by atoms with Crippen molar-refractivity contribution in [3.05, 3.63) is 73.4 Å². The van der Waals surface area contributed by atoms with E-state index in [1.54, 1.807) is 6.08 Å². The Labute approximate surface area is 130 Å². The van der Waals surface area contributed by atoms with Gasteiger partial charge in [-0.05, 0) is 0 Å². The van der Waals surface area contributed by atoms with Crippen LogP contribution in [-0.4, -0.2) is 22.4 Å². The molecule has 0 aliphatic heterocycles. The molecule has 0 aromatic carbocycles. The quantitative estimate of drug-likeness (QED) is 0.372. The van der Waals surface area contributed by atoms with Crippen molar-refractivity contribution in [1.29, 1.82) is 0 Å². The minimum atomic E-state index is -2.42. The molecule has 1 aliphatic carbocycles. The molecule has 0 saturated carbocycles. The van der Waals surface area contributed by atoms with Crippen LogP contribution in [0.4, 0.5) is 0 Å². The molecule has 1 aliphatic rings. The predicted octanol–water partition coefficient (Wildman–Crippen LogP) is 5.18. The van der Waals surface area contributed by atoms with Gasteiger partial charge in [0, 0.05) is 0 Å². The topological polar surface area (TPSA) is 20.2 Å². The Bertz CT molecular complexity index is 440. The van der Waals surface area contributed by atoms with Crippen LogP contribution in [-0.2, 0) is 0 Å². The molecule has 0 aromatic heterocycles. The van der Waals surface area contributed by atoms with Crippen molar-refractivity contribution in [2.24, 2.45) is 0 Å². The summed E-state index contributed by atoms with van der Waals surface area (Å²) in [7, 11) is -2.42. The van der Waals surface area contributed by atoms with Gasteiger partial charge in [-0.3, -0.25) is 0 Å². The van der Waals surface area contributed by atoms with E-state index in [-0.39, 0.29) is 5.66 Å². The van der Waals surface area contributed by atoms with E-state index in [1.807, 2.05) is 25.2 Å². The van der Waals surface area contributed by atoms with Gasteiger partial charge in [0.05, 0.1) is 0 Å². The molecular formula is C19H29OP. The van der Waals surface area contributed by atoms with E-state index in [0.29, 0.717) is 5.66 Å². The molecular weight excluding hydrogens is 275 g/mol. The van der Waals surface area contributed by atoms with Gasteiger partial charge in [-0.1, -0.05) is 0 Å². The molecule has 1 unspecified atom stereocenters. The van der Waals surface area contributed by atoms with Gasteiger partial charge in [0.2, 0.25) is 0 Å². The van der Waals surface area contributed by atoms with E-state index in [0.717, 1.165) is 19.0 Å². The summed E-state index contributed by atoms with van der Waals surface area (Å²) < 4.78 is 0. The first-order valence-corrected chi connectivity index (χ1v) is 10.1. The number of hydrogen-bond acceptors (Lipinski definition) is 1. The maximum atomic E-state index is 11.5. The van der Waals surface area contributed by atoms with Crippen LogP contribution in [0.15, 0.2) is 73.4 Å². The number of rotatable bonds is 8. The Balaban J connectivity index is 2.90. The standard InChI is InChI=1S/C19H29OP/c1-4-6-8-13-17-21(20,18(3)14-7-5-2)19-15-11-9-10-12-16-19/h4-12,15-16,18-21H,1,13-14,17H2,2-3H3/b7-5-,8-6-. The summed E-state index contributed by atoms with van der Waals surface area (Å²) >= 11 is 0. The predicted molar refractivity (Wildman–Crippen MR) is 99.5 cm³/mol. The summed E-state index contributed by atoms with van der Waals surface area (Å²) in [6.45, 7) is 7.93. The van der Waals surface area contributed by atoms with E-state index in [2.05, 4.69) is 56.0 Å². The second-order valence-electron chi connectivity index (χ2n) is 5.58. The Kier molecular flexibility index (Phi) is 8.27. The first kappa shape index (κ1) is 17.9. The van der Waals surface area contributed by atoms with Crippen LogP contribution >= 0.6 is 7.49 Å². The molecule has 2 heteroatoms. The third-order valence-electron chi connectivity index (χ3n) is 4.11. The van der Waals surface area contributed by atoms with E-state index in [1.165, 1.54) is 0 Å². The molecule has 0 bridgehead atoms. The third-order valence-corrected chi connectivity index (χ3v) is 8.68. The van der Waals surface area contributed by atoms with E-state index < -0.39 is 7.49 Å². The number of allylic oxidation sites excluding steroid dienone is 11. The van der Waals surface area contributed by atoms with Gasteiger partial charge in [-0.2, -0.15) is 0 Å². The van der Waals surface area contributed by atoms with Gasteiger partial charge in [0.25, 0.3) is 0 Å². The van der Waals surface area contributed by atoms with Crippen molar-refractivity contribution < 1.29 is 4.89 Å². The summed E-state index contributed by atoms with van der Waals surface area (Å²) in [5.74, 6) is 0. The van der Waals surface area contributed by atoms with Gasteiger partial charge in [0.1, 0.15) is 0 Å². The van der Waals surface area contributed by atoms with Crippen LogP contribution in [0.2, 0.25) is 0 Å². The summed E-state index contributed by atoms with van der Waals surface area (Å²) in [4.78, 5) is 11.5. The zero-order valence-corrected chi connectivity index (χ0v) is 14.3. The van der Waals surface area contributed by atoms with Crippen LogP contribution in [0.3, 0.4) is 0 Å². The summed E-state index contributed by atoms with van der Waals surface area (Å²) in [6.07, 6.45) is 25.4. The first-order valence-electron chi connectivity index (χ1n) is 7.78. The Morgan fingerprint density at radius 1 is 1.19 bits per heavy atom. The van der Waals surface area contributed by atoms with Crippen LogP contribution in [0, 0.1) is 0 Å². The summed E-state index contributed by atoms with van der Waals surface area (Å²) in [5, 5.41) is 0. The summed E-state index contributed by atoms with van der Waals surface area (Å²) in [6, 6.07) is 0. The van der Waals surface area contributed by atoms with E-state index >= 15 is 0 Å². The van der Waals surface area contributed by atoms with Gasteiger partial charge >= 0.3 is 130 Å². The van der Waals surface area contributed by atoms with Gasteiger partial charge in [-0.25, -0.2) is 0 Å². The normalized spacial score (nSPS) is 18.4. The second kappa shape index (κ2) is 9.71.